The summed E-state index contributed by atoms with van der Waals surface area (Å²) in [6.45, 7) is 0. The van der Waals surface area contributed by atoms with Gasteiger partial charge in [-0.15, -0.1) is 0 Å². The SMILES string of the molecule is Brc1cccc(Br)c1-c1cccc(-n2c3ccccc3c3ccccc32)c1. The molecule has 1 aromatic heterocycles. The Morgan fingerprint density at radius 3 is 1.74 bits per heavy atom. The van der Waals surface area contributed by atoms with Gasteiger partial charge in [0.2, 0.25) is 0 Å². The Bertz CT molecular complexity index is 1230. The van der Waals surface area contributed by atoms with Crippen molar-refractivity contribution in [3.05, 3.63) is 99.9 Å². The molecule has 3 heteroatoms. The summed E-state index contributed by atoms with van der Waals surface area (Å²) < 4.78 is 4.51. The van der Waals surface area contributed by atoms with Crippen molar-refractivity contribution in [3.8, 4) is 16.8 Å². The minimum atomic E-state index is 1.08. The summed E-state index contributed by atoms with van der Waals surface area (Å²) >= 11 is 7.40. The van der Waals surface area contributed by atoms with E-state index in [0.29, 0.717) is 0 Å². The van der Waals surface area contributed by atoms with E-state index in [1.807, 2.05) is 6.07 Å². The number of nitrogens with zero attached hydrogens (tertiary/aromatic N) is 1. The predicted octanol–water partition coefficient (Wildman–Crippen LogP) is 7.98. The monoisotopic (exact) mass is 475 g/mol. The molecule has 0 aliphatic heterocycles. The Labute approximate surface area is 174 Å². The van der Waals surface area contributed by atoms with Crippen LogP contribution in [0.3, 0.4) is 0 Å². The van der Waals surface area contributed by atoms with Gasteiger partial charge in [-0.1, -0.05) is 86.5 Å². The first-order chi connectivity index (χ1) is 13.2. The number of halogens is 2. The van der Waals surface area contributed by atoms with Crippen molar-refractivity contribution < 1.29 is 0 Å². The fraction of sp³-hybridized carbons (Fsp3) is 0. The number of para-hydroxylation sites is 2. The van der Waals surface area contributed by atoms with Gasteiger partial charge < -0.3 is 4.57 Å². The molecule has 0 aliphatic rings. The van der Waals surface area contributed by atoms with E-state index >= 15 is 0 Å². The molecule has 5 rings (SSSR count). The van der Waals surface area contributed by atoms with Crippen molar-refractivity contribution in [1.82, 2.24) is 4.57 Å². The van der Waals surface area contributed by atoms with Gasteiger partial charge in [0.25, 0.3) is 0 Å². The molecule has 0 saturated heterocycles. The number of aromatic nitrogens is 1. The minimum absolute atomic E-state index is 1.08. The summed E-state index contributed by atoms with van der Waals surface area (Å²) in [5.74, 6) is 0. The molecule has 27 heavy (non-hydrogen) atoms. The predicted molar refractivity (Wildman–Crippen MR) is 122 cm³/mol. The molecule has 0 bridgehead atoms. The van der Waals surface area contributed by atoms with Gasteiger partial charge in [-0.25, -0.2) is 0 Å². The van der Waals surface area contributed by atoms with E-state index in [9.17, 15) is 0 Å². The van der Waals surface area contributed by atoms with Gasteiger partial charge in [0, 0.05) is 31.0 Å². The standard InChI is InChI=1S/C24H15Br2N/c25-20-11-6-12-21(26)24(20)16-7-5-8-17(15-16)27-22-13-3-1-9-18(22)19-10-2-4-14-23(19)27/h1-15H. The van der Waals surface area contributed by atoms with Crippen LogP contribution < -0.4 is 0 Å². The molecule has 0 spiro atoms. The second kappa shape index (κ2) is 6.66. The quantitative estimate of drug-likeness (QED) is 0.243. The molecule has 0 unspecified atom stereocenters. The first-order valence-corrected chi connectivity index (χ1v) is 10.4. The fourth-order valence-corrected chi connectivity index (χ4v) is 5.23. The zero-order valence-electron chi connectivity index (χ0n) is 14.4. The molecule has 0 fully saturated rings. The van der Waals surface area contributed by atoms with E-state index in [1.165, 1.54) is 32.9 Å². The van der Waals surface area contributed by atoms with Crippen LogP contribution in [0.2, 0.25) is 0 Å². The van der Waals surface area contributed by atoms with Gasteiger partial charge in [0.05, 0.1) is 11.0 Å². The number of benzene rings is 4. The number of fused-ring (bicyclic) bond motifs is 3. The first kappa shape index (κ1) is 16.8. The van der Waals surface area contributed by atoms with E-state index < -0.39 is 0 Å². The molecule has 5 aromatic rings. The Morgan fingerprint density at radius 2 is 1.11 bits per heavy atom. The van der Waals surface area contributed by atoms with Crippen LogP contribution >= 0.6 is 31.9 Å². The van der Waals surface area contributed by atoms with Crippen LogP contribution in [-0.4, -0.2) is 4.57 Å². The molecule has 1 heterocycles. The van der Waals surface area contributed by atoms with Gasteiger partial charge in [-0.2, -0.15) is 0 Å². The average molecular weight is 477 g/mol. The number of rotatable bonds is 2. The Morgan fingerprint density at radius 1 is 0.556 bits per heavy atom. The minimum Gasteiger partial charge on any atom is -0.309 e. The summed E-state index contributed by atoms with van der Waals surface area (Å²) in [4.78, 5) is 0. The lowest BCUT2D eigenvalue weighted by Crippen LogP contribution is -1.94. The van der Waals surface area contributed by atoms with Crippen molar-refractivity contribution in [1.29, 1.82) is 0 Å². The maximum atomic E-state index is 3.70. The van der Waals surface area contributed by atoms with Crippen molar-refractivity contribution in [2.24, 2.45) is 0 Å². The van der Waals surface area contributed by atoms with Crippen LogP contribution in [0.15, 0.2) is 99.9 Å². The smallest absolute Gasteiger partial charge is 0.0541 e. The molecule has 0 N–H and O–H groups in total. The summed E-state index contributed by atoms with van der Waals surface area (Å²) in [6.07, 6.45) is 0. The lowest BCUT2D eigenvalue weighted by atomic mass is 10.1. The van der Waals surface area contributed by atoms with Crippen molar-refractivity contribution >= 4 is 53.7 Å². The second-order valence-corrected chi connectivity index (χ2v) is 8.23. The van der Waals surface area contributed by atoms with Crippen LogP contribution in [0.5, 0.6) is 0 Å². The number of hydrogen-bond donors (Lipinski definition) is 0. The molecule has 1 nitrogen and oxygen atoms in total. The van der Waals surface area contributed by atoms with Crippen LogP contribution in [-0.2, 0) is 0 Å². The van der Waals surface area contributed by atoms with E-state index in [1.54, 1.807) is 0 Å². The molecule has 0 aliphatic carbocycles. The van der Waals surface area contributed by atoms with E-state index in [2.05, 4.69) is 121 Å². The summed E-state index contributed by atoms with van der Waals surface area (Å²) in [5.41, 5.74) is 5.95. The van der Waals surface area contributed by atoms with Crippen LogP contribution in [0, 0.1) is 0 Å². The lowest BCUT2D eigenvalue weighted by molar-refractivity contribution is 1.18. The molecule has 4 aromatic carbocycles. The Hall–Kier alpha value is -2.36. The van der Waals surface area contributed by atoms with E-state index in [4.69, 9.17) is 0 Å². The van der Waals surface area contributed by atoms with Gasteiger partial charge in [-0.05, 0) is 42.0 Å². The van der Waals surface area contributed by atoms with Crippen molar-refractivity contribution in [2.45, 2.75) is 0 Å². The highest BCUT2D eigenvalue weighted by molar-refractivity contribution is 9.11. The van der Waals surface area contributed by atoms with Crippen molar-refractivity contribution in [2.75, 3.05) is 0 Å². The van der Waals surface area contributed by atoms with Crippen LogP contribution in [0.25, 0.3) is 38.6 Å². The summed E-state index contributed by atoms with van der Waals surface area (Å²) in [5, 5.41) is 2.56. The topological polar surface area (TPSA) is 4.93 Å². The van der Waals surface area contributed by atoms with Crippen LogP contribution in [0.1, 0.15) is 0 Å². The fourth-order valence-electron chi connectivity index (χ4n) is 3.77. The zero-order valence-corrected chi connectivity index (χ0v) is 17.5. The zero-order chi connectivity index (χ0) is 18.4. The maximum Gasteiger partial charge on any atom is 0.0541 e. The largest absolute Gasteiger partial charge is 0.309 e. The van der Waals surface area contributed by atoms with Gasteiger partial charge >= 0.3 is 0 Å². The third-order valence-corrected chi connectivity index (χ3v) is 6.26. The maximum absolute atomic E-state index is 3.70. The Balaban J connectivity index is 1.82. The number of hydrogen-bond acceptors (Lipinski definition) is 0. The molecule has 0 saturated carbocycles. The van der Waals surface area contributed by atoms with Crippen molar-refractivity contribution in [3.63, 3.8) is 0 Å². The highest BCUT2D eigenvalue weighted by atomic mass is 79.9. The van der Waals surface area contributed by atoms with E-state index in [-0.39, 0.29) is 0 Å². The summed E-state index contributed by atoms with van der Waals surface area (Å²) in [6, 6.07) is 32.1. The molecule has 0 amide bonds. The molecular formula is C24H15Br2N. The molecule has 130 valence electrons. The summed E-state index contributed by atoms with van der Waals surface area (Å²) in [7, 11) is 0. The molecular weight excluding hydrogens is 462 g/mol. The lowest BCUT2D eigenvalue weighted by Gasteiger charge is -2.12. The third-order valence-electron chi connectivity index (χ3n) is 4.94. The Kier molecular flexibility index (Phi) is 4.14. The van der Waals surface area contributed by atoms with E-state index in [0.717, 1.165) is 14.6 Å². The van der Waals surface area contributed by atoms with Gasteiger partial charge in [0.15, 0.2) is 0 Å². The first-order valence-electron chi connectivity index (χ1n) is 8.77. The normalized spacial score (nSPS) is 11.3. The highest BCUT2D eigenvalue weighted by Crippen LogP contribution is 2.37. The average Bonchev–Trinajstić information content (AvgIpc) is 3.03. The highest BCUT2D eigenvalue weighted by Gasteiger charge is 2.13. The molecule has 0 atom stereocenters. The van der Waals surface area contributed by atoms with Gasteiger partial charge in [-0.3, -0.25) is 0 Å². The van der Waals surface area contributed by atoms with Gasteiger partial charge in [0.1, 0.15) is 0 Å². The van der Waals surface area contributed by atoms with Crippen LogP contribution in [0.4, 0.5) is 0 Å². The molecule has 0 radical (unpaired) electrons. The third kappa shape index (κ3) is 2.73. The second-order valence-electron chi connectivity index (χ2n) is 6.52.